The Morgan fingerprint density at radius 3 is 0.893 bits per heavy atom. The number of amides is 6. The lowest BCUT2D eigenvalue weighted by molar-refractivity contribution is -0.384. The third kappa shape index (κ3) is 19.7. The summed E-state index contributed by atoms with van der Waals surface area (Å²) >= 11 is 0. The second kappa shape index (κ2) is 40.8. The van der Waals surface area contributed by atoms with Crippen molar-refractivity contribution in [3.05, 3.63) is 232 Å². The first-order valence-corrected chi connectivity index (χ1v) is 41.1. The normalized spacial score (nSPS) is 15.7. The summed E-state index contributed by atoms with van der Waals surface area (Å²) in [5, 5.41) is 21.7. The fraction of sp³-hybridized carbons (Fsp3) is 0.258. The SMILES string of the molecule is C=C1C(=O)N(c2cc(OC)c(OC)c(OC)c2)[C@H]1c1ccc(OC)c(NC(=O)C2CC2)c1.C=C1C(=O)N(c2cc(OC)c(OC)c(OC)c2)[C@H]1c1ccc(OC)c(NC(=O)c2ccc([N+](=O)[O-])cc2)c1.C=C1C(=O)N(c2cc(OC)c(OC)c(OC)c2)[C@H]1c1ccc(OC)c(NS(N)(=O)=O)c1.C=C1C(=O)N(c2cc(OC)c(OC)c(OC)c2)[C@H]1c1ccc(OC)c(OC(C)=O)c1. The van der Waals surface area contributed by atoms with Gasteiger partial charge in [0, 0.05) is 101 Å². The second-order valence-electron chi connectivity index (χ2n) is 29.0. The topological polar surface area (TPSA) is 429 Å². The summed E-state index contributed by atoms with van der Waals surface area (Å²) in [7, 11) is 19.8. The predicted octanol–water partition coefficient (Wildman–Crippen LogP) is 13.5. The van der Waals surface area contributed by atoms with Crippen molar-refractivity contribution in [2.45, 2.75) is 43.9 Å². The van der Waals surface area contributed by atoms with Gasteiger partial charge in [0.05, 0.1) is 183 Å². The number of nitrogens with two attached hydrogens (primary N) is 1. The minimum atomic E-state index is -4.04. The van der Waals surface area contributed by atoms with Crippen LogP contribution in [0.15, 0.2) is 194 Å². The number of nitro groups is 1. The van der Waals surface area contributed by atoms with Crippen LogP contribution in [-0.2, 0) is 39.0 Å². The quantitative estimate of drug-likeness (QED) is 0.00759. The number of carbonyl (C=O) groups excluding carboxylic acids is 7. The van der Waals surface area contributed by atoms with E-state index in [0.29, 0.717) is 159 Å². The standard InChI is InChI=1S/C27H25N3O8.C24H26N2O6.C22H23NO7.C20H23N3O7S/c1-15-24(29(27(15)32)19-13-22(36-3)25(38-5)23(14-19)37-4)17-8-11-21(35-2)20(12-17)28-26(31)16-6-9-18(10-7-16)30(33)34;1-13-21(15-8-9-18(29-2)17(10-15)25-23(27)14-6-7-14)26(24(13)28)16-11-19(30-3)22(32-5)20(12-16)31-4;1-12-20(14-7-8-16(26-3)17(9-14)30-13(2)24)23(22(12)25)15-10-18(27-4)21(29-6)19(11-15)28-5;1-11-18(12-6-7-15(27-2)14(8-12)22-31(21,25)26)23(20(11)24)13-9-16(28-3)19(30-5)17(10-13)29-4/h6-14,24H,1H2,2-5H3,(H,28,31);8-12,14,21H,1,6-7H2,2-5H3,(H,25,27);7-11,20H,1H2,2-6H3;6-10,18,22H,1H2,2-5H3,(H2,21,25,26)/t24-;21-;20-;18-/m1111/s1. The third-order valence-corrected chi connectivity index (χ3v) is 22.0. The maximum atomic E-state index is 12.9. The number of ether oxygens (including phenoxy) is 17. The van der Waals surface area contributed by atoms with E-state index in [1.165, 1.54) is 154 Å². The first kappa shape index (κ1) is 95.8. The fourth-order valence-corrected chi connectivity index (χ4v) is 15.4. The molecule has 0 unspecified atom stereocenters. The average molecular weight is 1820 g/mol. The summed E-state index contributed by atoms with van der Waals surface area (Å²) in [6, 6.07) is 37.3. The van der Waals surface area contributed by atoms with E-state index in [0.717, 1.165) is 18.4 Å². The summed E-state index contributed by atoms with van der Waals surface area (Å²) in [5.74, 6) is 4.85. The molecule has 5 N–H and O–H groups in total. The molecule has 5 fully saturated rings. The van der Waals surface area contributed by atoms with Crippen molar-refractivity contribution in [3.63, 3.8) is 0 Å². The third-order valence-electron chi connectivity index (χ3n) is 21.5. The van der Waals surface area contributed by atoms with Gasteiger partial charge in [-0.15, -0.1) is 0 Å². The number of esters is 1. The molecule has 0 aromatic heterocycles. The molecule has 5 aliphatic rings. The molecule has 0 bridgehead atoms. The zero-order valence-corrected chi connectivity index (χ0v) is 75.5. The van der Waals surface area contributed by atoms with Gasteiger partial charge in [-0.25, -0.2) is 5.14 Å². The van der Waals surface area contributed by atoms with Gasteiger partial charge in [-0.3, -0.25) is 68.0 Å². The van der Waals surface area contributed by atoms with Gasteiger partial charge in [0.2, 0.25) is 28.9 Å². The minimum absolute atomic E-state index is 0.0227. The zero-order chi connectivity index (χ0) is 95.5. The molecule has 4 heterocycles. The van der Waals surface area contributed by atoms with Crippen LogP contribution in [-0.4, -0.2) is 169 Å². The number of non-ortho nitro benzene ring substituents is 1. The smallest absolute Gasteiger partial charge is 0.308 e. The number of hydrogen-bond donors (Lipinski definition) is 4. The molecule has 0 spiro atoms. The average Bonchev–Trinajstić information content (AvgIpc) is 1.48. The Labute approximate surface area is 754 Å². The molecule has 38 heteroatoms. The van der Waals surface area contributed by atoms with Crippen molar-refractivity contribution in [1.29, 1.82) is 0 Å². The number of methoxy groups -OCH3 is 16. The number of β-lactam (4-membered cyclic amide) rings is 4. The van der Waals surface area contributed by atoms with Crippen molar-refractivity contribution in [3.8, 4) is 97.7 Å². The number of nitrogens with one attached hydrogen (secondary N) is 3. The largest absolute Gasteiger partial charge is 0.495 e. The van der Waals surface area contributed by atoms with Gasteiger partial charge in [0.25, 0.3) is 45.4 Å². The molecule has 0 radical (unpaired) electrons. The van der Waals surface area contributed by atoms with Crippen LogP contribution >= 0.6 is 0 Å². The van der Waals surface area contributed by atoms with Crippen LogP contribution in [0.5, 0.6) is 97.7 Å². The lowest BCUT2D eigenvalue weighted by Crippen LogP contribution is -2.48. The van der Waals surface area contributed by atoms with E-state index in [1.807, 2.05) is 12.1 Å². The molecule has 9 aromatic rings. The van der Waals surface area contributed by atoms with E-state index in [1.54, 1.807) is 120 Å². The van der Waals surface area contributed by atoms with Crippen LogP contribution in [0.3, 0.4) is 0 Å². The molecular formula is C93H97N9O28S. The molecule has 4 saturated heterocycles. The highest BCUT2D eigenvalue weighted by Crippen LogP contribution is 2.55. The Kier molecular flexibility index (Phi) is 29.9. The van der Waals surface area contributed by atoms with Crippen molar-refractivity contribution in [2.24, 2.45) is 11.1 Å². The summed E-state index contributed by atoms with van der Waals surface area (Å²) in [5.41, 5.74) is 7.63. The molecule has 4 atom stereocenters. The van der Waals surface area contributed by atoms with Gasteiger partial charge in [-0.05, 0) is 95.8 Å². The van der Waals surface area contributed by atoms with E-state index in [2.05, 4.69) is 41.7 Å². The van der Waals surface area contributed by atoms with E-state index in [9.17, 15) is 52.1 Å². The van der Waals surface area contributed by atoms with Crippen molar-refractivity contribution in [1.82, 2.24) is 0 Å². The number of benzene rings is 9. The molecule has 4 aliphatic heterocycles. The van der Waals surface area contributed by atoms with Gasteiger partial charge in [-0.2, -0.15) is 8.42 Å². The minimum Gasteiger partial charge on any atom is -0.495 e. The van der Waals surface area contributed by atoms with Gasteiger partial charge in [0.1, 0.15) is 17.2 Å². The Balaban J connectivity index is 0.000000169. The number of rotatable bonds is 32. The Morgan fingerprint density at radius 1 is 0.366 bits per heavy atom. The fourth-order valence-electron chi connectivity index (χ4n) is 14.9. The molecule has 1 aliphatic carbocycles. The van der Waals surface area contributed by atoms with Gasteiger partial charge in [-0.1, -0.05) is 50.6 Å². The number of anilines is 7. The highest BCUT2D eigenvalue weighted by molar-refractivity contribution is 7.90. The summed E-state index contributed by atoms with van der Waals surface area (Å²) in [6.07, 6.45) is 1.80. The number of nitro benzene ring substituents is 1. The molecule has 37 nitrogen and oxygen atoms in total. The maximum Gasteiger partial charge on any atom is 0.308 e. The predicted molar refractivity (Wildman–Crippen MR) is 484 cm³/mol. The van der Waals surface area contributed by atoms with E-state index in [4.69, 9.17) is 85.7 Å². The van der Waals surface area contributed by atoms with Crippen LogP contribution < -0.4 is 121 Å². The molecule has 9 aromatic carbocycles. The molecule has 14 rings (SSSR count). The first-order valence-electron chi connectivity index (χ1n) is 39.5. The van der Waals surface area contributed by atoms with Gasteiger partial charge >= 0.3 is 5.97 Å². The lowest BCUT2D eigenvalue weighted by atomic mass is 9.88. The maximum absolute atomic E-state index is 12.9. The van der Waals surface area contributed by atoms with Crippen molar-refractivity contribution in [2.75, 3.05) is 149 Å². The molecular weight excluding hydrogens is 1720 g/mol. The summed E-state index contributed by atoms with van der Waals surface area (Å²) < 4.78 is 116. The van der Waals surface area contributed by atoms with E-state index in [-0.39, 0.29) is 63.9 Å². The Morgan fingerprint density at radius 2 is 0.634 bits per heavy atom. The second-order valence-corrected chi connectivity index (χ2v) is 30.3. The first-order chi connectivity index (χ1) is 62.7. The van der Waals surface area contributed by atoms with Crippen LogP contribution in [0.2, 0.25) is 0 Å². The van der Waals surface area contributed by atoms with Crippen LogP contribution in [0.1, 0.15) is 76.5 Å². The summed E-state index contributed by atoms with van der Waals surface area (Å²) in [6.45, 7) is 17.0. The van der Waals surface area contributed by atoms with Crippen molar-refractivity contribution >= 4 is 97.1 Å². The Hall–Kier alpha value is -15.9. The monoisotopic (exact) mass is 1820 g/mol. The molecule has 1 saturated carbocycles. The van der Waals surface area contributed by atoms with E-state index < -0.39 is 51.2 Å². The van der Waals surface area contributed by atoms with Gasteiger partial charge < -0.3 is 91.2 Å². The zero-order valence-electron chi connectivity index (χ0n) is 74.6. The molecule has 6 amide bonds. The lowest BCUT2D eigenvalue weighted by Gasteiger charge is -2.43. The van der Waals surface area contributed by atoms with Crippen LogP contribution in [0.4, 0.5) is 45.5 Å². The van der Waals surface area contributed by atoms with Crippen molar-refractivity contribution < 1.29 is 127 Å². The number of carbonyl (C=O) groups is 7. The number of hydrogen-bond acceptors (Lipinski definition) is 28. The highest BCUT2D eigenvalue weighted by atomic mass is 32.2. The highest BCUT2D eigenvalue weighted by Gasteiger charge is 2.48. The van der Waals surface area contributed by atoms with E-state index >= 15 is 0 Å². The Bertz CT molecular complexity index is 6060. The number of nitrogens with zero attached hydrogens (tertiary/aromatic N) is 5. The van der Waals surface area contributed by atoms with Gasteiger partial charge in [0.15, 0.2) is 57.5 Å². The summed E-state index contributed by atoms with van der Waals surface area (Å²) in [4.78, 5) is 104. The van der Waals surface area contributed by atoms with Crippen LogP contribution in [0.25, 0.3) is 0 Å². The molecule has 688 valence electrons. The molecule has 131 heavy (non-hydrogen) atoms. The van der Waals surface area contributed by atoms with Crippen LogP contribution in [0, 0.1) is 16.0 Å².